The Bertz CT molecular complexity index is 1170. The van der Waals surface area contributed by atoms with Gasteiger partial charge in [0.05, 0.1) is 10.5 Å². The van der Waals surface area contributed by atoms with E-state index in [1.54, 1.807) is 6.07 Å². The molecule has 0 radical (unpaired) electrons. The van der Waals surface area contributed by atoms with E-state index < -0.39 is 34.7 Å². The van der Waals surface area contributed by atoms with E-state index in [1.165, 1.54) is 18.3 Å². The van der Waals surface area contributed by atoms with Crippen molar-refractivity contribution in [3.05, 3.63) is 86.7 Å². The molecule has 3 heterocycles. The molecule has 1 aliphatic rings. The lowest BCUT2D eigenvalue weighted by atomic mass is 9.97. The molecule has 1 aromatic carbocycles. The van der Waals surface area contributed by atoms with Crippen LogP contribution in [0, 0.1) is 22.9 Å². The van der Waals surface area contributed by atoms with Crippen LogP contribution in [0.3, 0.4) is 0 Å². The van der Waals surface area contributed by atoms with E-state index in [9.17, 15) is 23.3 Å². The third-order valence-electron chi connectivity index (χ3n) is 5.37. The molecule has 10 heteroatoms. The minimum Gasteiger partial charge on any atom is -0.484 e. The number of nitrogens with one attached hydrogen (secondary N) is 1. The maximum Gasteiger partial charge on any atom is 0.280 e. The lowest BCUT2D eigenvalue weighted by Gasteiger charge is -2.27. The summed E-state index contributed by atoms with van der Waals surface area (Å²) in [6.07, 6.45) is 0.213. The van der Waals surface area contributed by atoms with Gasteiger partial charge in [-0.15, -0.1) is 0 Å². The van der Waals surface area contributed by atoms with Gasteiger partial charge in [-0.1, -0.05) is 6.07 Å². The number of rotatable bonds is 6. The van der Waals surface area contributed by atoms with Crippen molar-refractivity contribution >= 4 is 11.4 Å². The second-order valence-electron chi connectivity index (χ2n) is 7.40. The first-order valence-corrected chi connectivity index (χ1v) is 9.90. The van der Waals surface area contributed by atoms with Gasteiger partial charge in [0.15, 0.2) is 0 Å². The molecule has 4 rings (SSSR count). The van der Waals surface area contributed by atoms with Crippen LogP contribution in [0.2, 0.25) is 0 Å². The molecule has 0 fully saturated rings. The van der Waals surface area contributed by atoms with E-state index in [-0.39, 0.29) is 17.8 Å². The number of fused-ring (bicyclic) bond motifs is 1. The van der Waals surface area contributed by atoms with E-state index in [0.717, 1.165) is 23.4 Å². The summed E-state index contributed by atoms with van der Waals surface area (Å²) in [6, 6.07) is 7.52. The number of ether oxygens (including phenoxy) is 1. The zero-order valence-corrected chi connectivity index (χ0v) is 17.0. The second-order valence-corrected chi connectivity index (χ2v) is 7.40. The van der Waals surface area contributed by atoms with Gasteiger partial charge in [-0.05, 0) is 43.0 Å². The van der Waals surface area contributed by atoms with Crippen molar-refractivity contribution in [2.24, 2.45) is 0 Å². The monoisotopic (exact) mass is 444 g/mol. The number of nitro groups is 1. The van der Waals surface area contributed by atoms with Gasteiger partial charge >= 0.3 is 0 Å². The molecule has 1 aliphatic heterocycles. The predicted molar refractivity (Wildman–Crippen MR) is 110 cm³/mol. The van der Waals surface area contributed by atoms with Gasteiger partial charge in [-0.3, -0.25) is 20.1 Å². The number of nitrogens with zero attached hydrogens (tertiary/aromatic N) is 3. The summed E-state index contributed by atoms with van der Waals surface area (Å²) in [5.74, 6) is 0.0731. The first-order chi connectivity index (χ1) is 15.3. The summed E-state index contributed by atoms with van der Waals surface area (Å²) in [4.78, 5) is 18.3. The number of benzene rings is 1. The molecule has 0 saturated carbocycles. The summed E-state index contributed by atoms with van der Waals surface area (Å²) >= 11 is 0. The molecule has 1 atom stereocenters. The Kier molecular flexibility index (Phi) is 5.93. The maximum absolute atomic E-state index is 14.1. The average Bonchev–Trinajstić information content (AvgIpc) is 2.77. The van der Waals surface area contributed by atoms with Crippen LogP contribution in [0.15, 0.2) is 42.7 Å². The lowest BCUT2D eigenvalue weighted by molar-refractivity contribution is -0.385. The van der Waals surface area contributed by atoms with Gasteiger partial charge in [0.25, 0.3) is 12.1 Å². The fraction of sp³-hybridized carbons (Fsp3) is 0.273. The largest absolute Gasteiger partial charge is 0.484 e. The van der Waals surface area contributed by atoms with Crippen LogP contribution in [0.5, 0.6) is 5.75 Å². The number of anilines is 1. The van der Waals surface area contributed by atoms with Crippen molar-refractivity contribution in [3.63, 3.8) is 0 Å². The van der Waals surface area contributed by atoms with E-state index in [1.807, 2.05) is 13.0 Å². The smallest absolute Gasteiger partial charge is 0.280 e. The third kappa shape index (κ3) is 4.20. The number of aryl methyl sites for hydroxylation is 2. The van der Waals surface area contributed by atoms with Gasteiger partial charge in [-0.25, -0.2) is 13.2 Å². The summed E-state index contributed by atoms with van der Waals surface area (Å²) in [6.45, 7) is 1.61. The van der Waals surface area contributed by atoms with Gasteiger partial charge in [0.1, 0.15) is 29.1 Å². The Balaban J connectivity index is 1.60. The molecule has 32 heavy (non-hydrogen) atoms. The fourth-order valence-corrected chi connectivity index (χ4v) is 3.79. The normalized spacial score (nSPS) is 15.2. The van der Waals surface area contributed by atoms with Gasteiger partial charge in [0.2, 0.25) is 0 Å². The maximum atomic E-state index is 14.1. The first-order valence-electron chi connectivity index (χ1n) is 9.90. The second kappa shape index (κ2) is 8.81. The number of alkyl halides is 2. The van der Waals surface area contributed by atoms with Crippen molar-refractivity contribution in [2.75, 3.05) is 5.32 Å². The SMILES string of the molecule is Cc1cc2c(cc1NCc1c([N+](=O)[O-])ccnc1C(F)F)OC(c1ncccc1F)CC2. The fourth-order valence-electron chi connectivity index (χ4n) is 3.79. The third-order valence-corrected chi connectivity index (χ3v) is 5.37. The van der Waals surface area contributed by atoms with E-state index in [2.05, 4.69) is 15.3 Å². The molecule has 7 nitrogen and oxygen atoms in total. The van der Waals surface area contributed by atoms with Gasteiger partial charge in [0, 0.05) is 36.8 Å². The molecular weight excluding hydrogens is 425 g/mol. The molecule has 2 aromatic heterocycles. The highest BCUT2D eigenvalue weighted by Gasteiger charge is 2.27. The van der Waals surface area contributed by atoms with Crippen molar-refractivity contribution < 1.29 is 22.8 Å². The number of pyridine rings is 2. The van der Waals surface area contributed by atoms with Gasteiger partial charge in [-0.2, -0.15) is 0 Å². The van der Waals surface area contributed by atoms with Crippen LogP contribution < -0.4 is 10.1 Å². The molecule has 0 aliphatic carbocycles. The molecule has 0 spiro atoms. The molecular formula is C22H19F3N4O3. The Hall–Kier alpha value is -3.69. The van der Waals surface area contributed by atoms with Crippen LogP contribution in [-0.4, -0.2) is 14.9 Å². The number of aromatic nitrogens is 2. The topological polar surface area (TPSA) is 90.2 Å². The molecule has 1 unspecified atom stereocenters. The first kappa shape index (κ1) is 21.5. The van der Waals surface area contributed by atoms with Crippen molar-refractivity contribution in [1.82, 2.24) is 9.97 Å². The molecule has 0 saturated heterocycles. The predicted octanol–water partition coefficient (Wildman–Crippen LogP) is 5.45. The quantitative estimate of drug-likeness (QED) is 0.402. The summed E-state index contributed by atoms with van der Waals surface area (Å²) in [5.41, 5.74) is 1.29. The van der Waals surface area contributed by atoms with Crippen molar-refractivity contribution in [2.45, 2.75) is 38.8 Å². The molecule has 0 amide bonds. The molecule has 3 aromatic rings. The highest BCUT2D eigenvalue weighted by Crippen LogP contribution is 2.38. The van der Waals surface area contributed by atoms with Crippen molar-refractivity contribution in [3.8, 4) is 5.75 Å². The van der Waals surface area contributed by atoms with Crippen LogP contribution in [-0.2, 0) is 13.0 Å². The minimum atomic E-state index is -2.95. The van der Waals surface area contributed by atoms with E-state index in [0.29, 0.717) is 24.3 Å². The Morgan fingerprint density at radius 3 is 2.81 bits per heavy atom. The Labute approximate surface area is 181 Å². The summed E-state index contributed by atoms with van der Waals surface area (Å²) in [7, 11) is 0. The minimum absolute atomic E-state index is 0.182. The standard InChI is InChI=1S/C22H19F3N4O3/c1-12-9-13-4-5-18(21-15(23)3-2-7-26-21)32-19(13)10-16(12)28-11-14-17(29(30)31)6-8-27-20(14)22(24)25/h2-3,6-10,18,22,28H,4-5,11H2,1H3. The number of hydrogen-bond acceptors (Lipinski definition) is 6. The number of hydrogen-bond donors (Lipinski definition) is 1. The van der Waals surface area contributed by atoms with Crippen LogP contribution in [0.1, 0.15) is 47.0 Å². The van der Waals surface area contributed by atoms with Gasteiger partial charge < -0.3 is 10.1 Å². The average molecular weight is 444 g/mol. The van der Waals surface area contributed by atoms with Crippen LogP contribution in [0.4, 0.5) is 24.5 Å². The lowest BCUT2D eigenvalue weighted by Crippen LogP contribution is -2.18. The van der Waals surface area contributed by atoms with E-state index in [4.69, 9.17) is 4.74 Å². The highest BCUT2D eigenvalue weighted by atomic mass is 19.3. The highest BCUT2D eigenvalue weighted by molar-refractivity contribution is 5.59. The van der Waals surface area contributed by atoms with E-state index >= 15 is 0 Å². The molecule has 166 valence electrons. The zero-order chi connectivity index (χ0) is 22.8. The van der Waals surface area contributed by atoms with Crippen molar-refractivity contribution in [1.29, 1.82) is 0 Å². The molecule has 0 bridgehead atoms. The summed E-state index contributed by atoms with van der Waals surface area (Å²) in [5, 5.41) is 14.3. The van der Waals surface area contributed by atoms with Crippen LogP contribution >= 0.6 is 0 Å². The Morgan fingerprint density at radius 1 is 1.28 bits per heavy atom. The number of halogens is 3. The molecule has 1 N–H and O–H groups in total. The Morgan fingerprint density at radius 2 is 2.09 bits per heavy atom. The zero-order valence-electron chi connectivity index (χ0n) is 17.0. The van der Waals surface area contributed by atoms with Crippen LogP contribution in [0.25, 0.3) is 0 Å². The summed E-state index contributed by atoms with van der Waals surface area (Å²) < 4.78 is 46.9.